The van der Waals surface area contributed by atoms with Gasteiger partial charge in [0.15, 0.2) is 0 Å². The molecule has 0 aliphatic carbocycles. The third-order valence-corrected chi connectivity index (χ3v) is 3.57. The van der Waals surface area contributed by atoms with Crippen LogP contribution in [-0.4, -0.2) is 52.3 Å². The molecule has 1 aromatic rings. The van der Waals surface area contributed by atoms with Crippen LogP contribution in [-0.2, 0) is 6.54 Å². The van der Waals surface area contributed by atoms with Crippen molar-refractivity contribution < 1.29 is 5.11 Å². The quantitative estimate of drug-likeness (QED) is 0.693. The molecule has 3 N–H and O–H groups in total. The molecule has 1 unspecified atom stereocenters. The van der Waals surface area contributed by atoms with Crippen molar-refractivity contribution in [3.63, 3.8) is 0 Å². The zero-order chi connectivity index (χ0) is 12.8. The number of hydrogen-bond donors (Lipinski definition) is 3. The Labute approximate surface area is 109 Å². The Kier molecular flexibility index (Phi) is 5.16. The summed E-state index contributed by atoms with van der Waals surface area (Å²) in [5.41, 5.74) is 0. The first-order valence-electron chi connectivity index (χ1n) is 6.83. The van der Waals surface area contributed by atoms with Gasteiger partial charge in [0.25, 0.3) is 0 Å². The van der Waals surface area contributed by atoms with Gasteiger partial charge < -0.3 is 20.3 Å². The number of aromatic nitrogens is 2. The van der Waals surface area contributed by atoms with Crippen LogP contribution in [0.4, 0.5) is 0 Å². The molecular weight excluding hydrogens is 228 g/mol. The molecule has 1 fully saturated rings. The van der Waals surface area contributed by atoms with Crippen LogP contribution in [0.25, 0.3) is 0 Å². The zero-order valence-electron chi connectivity index (χ0n) is 11.1. The lowest BCUT2D eigenvalue weighted by Gasteiger charge is -2.31. The van der Waals surface area contributed by atoms with Gasteiger partial charge in [-0.05, 0) is 31.8 Å². The maximum atomic E-state index is 9.96. The first-order valence-corrected chi connectivity index (χ1v) is 6.83. The SMILES string of the molecule is CC1CCN(CC(O)CNCc2ncc[nH]2)CC1. The number of H-pyrrole nitrogens is 1. The highest BCUT2D eigenvalue weighted by atomic mass is 16.3. The second kappa shape index (κ2) is 6.87. The van der Waals surface area contributed by atoms with Crippen molar-refractivity contribution in [3.05, 3.63) is 18.2 Å². The Morgan fingerprint density at radius 1 is 1.56 bits per heavy atom. The van der Waals surface area contributed by atoms with Gasteiger partial charge >= 0.3 is 0 Å². The molecule has 0 aromatic carbocycles. The minimum absolute atomic E-state index is 0.298. The van der Waals surface area contributed by atoms with Crippen molar-refractivity contribution >= 4 is 0 Å². The molecule has 0 amide bonds. The predicted octanol–water partition coefficient (Wildman–Crippen LogP) is 0.592. The maximum absolute atomic E-state index is 9.96. The van der Waals surface area contributed by atoms with Crippen molar-refractivity contribution in [1.82, 2.24) is 20.2 Å². The first kappa shape index (κ1) is 13.5. The molecule has 1 aliphatic heterocycles. The molecule has 2 rings (SSSR count). The van der Waals surface area contributed by atoms with Gasteiger partial charge in [-0.3, -0.25) is 0 Å². The number of imidazole rings is 1. The first-order chi connectivity index (χ1) is 8.74. The molecule has 2 heterocycles. The molecule has 5 heteroatoms. The summed E-state index contributed by atoms with van der Waals surface area (Å²) in [7, 11) is 0. The van der Waals surface area contributed by atoms with Crippen LogP contribution in [0.1, 0.15) is 25.6 Å². The maximum Gasteiger partial charge on any atom is 0.120 e. The Balaban J connectivity index is 1.58. The number of rotatable bonds is 6. The zero-order valence-corrected chi connectivity index (χ0v) is 11.1. The van der Waals surface area contributed by atoms with E-state index >= 15 is 0 Å². The fourth-order valence-electron chi connectivity index (χ4n) is 2.36. The standard InChI is InChI=1S/C13H24N4O/c1-11-2-6-17(7-3-11)10-12(18)8-14-9-13-15-4-5-16-13/h4-5,11-12,14,18H,2-3,6-10H2,1H3,(H,15,16). The summed E-state index contributed by atoms with van der Waals surface area (Å²) in [5.74, 6) is 1.75. The third-order valence-electron chi connectivity index (χ3n) is 3.57. The van der Waals surface area contributed by atoms with Gasteiger partial charge in [-0.1, -0.05) is 6.92 Å². The van der Waals surface area contributed by atoms with Gasteiger partial charge in [0.05, 0.1) is 12.6 Å². The van der Waals surface area contributed by atoms with Gasteiger partial charge in [-0.15, -0.1) is 0 Å². The van der Waals surface area contributed by atoms with Crippen molar-refractivity contribution in [2.45, 2.75) is 32.4 Å². The number of aliphatic hydroxyl groups excluding tert-OH is 1. The fraction of sp³-hybridized carbons (Fsp3) is 0.769. The summed E-state index contributed by atoms with van der Waals surface area (Å²) in [6.45, 7) is 6.62. The molecule has 1 aromatic heterocycles. The minimum atomic E-state index is -0.298. The van der Waals surface area contributed by atoms with Gasteiger partial charge in [-0.2, -0.15) is 0 Å². The Bertz CT molecular complexity index is 320. The fourth-order valence-corrected chi connectivity index (χ4v) is 2.36. The molecule has 0 radical (unpaired) electrons. The largest absolute Gasteiger partial charge is 0.390 e. The second-order valence-corrected chi connectivity index (χ2v) is 5.30. The molecule has 18 heavy (non-hydrogen) atoms. The van der Waals surface area contributed by atoms with Gasteiger partial charge in [-0.25, -0.2) is 4.98 Å². The van der Waals surface area contributed by atoms with Crippen molar-refractivity contribution in [2.24, 2.45) is 5.92 Å². The number of hydrogen-bond acceptors (Lipinski definition) is 4. The summed E-state index contributed by atoms with van der Waals surface area (Å²) >= 11 is 0. The summed E-state index contributed by atoms with van der Waals surface area (Å²) in [6.07, 6.45) is 5.76. The number of nitrogens with one attached hydrogen (secondary N) is 2. The Morgan fingerprint density at radius 2 is 2.33 bits per heavy atom. The van der Waals surface area contributed by atoms with Crippen LogP contribution in [0.15, 0.2) is 12.4 Å². The number of aromatic amines is 1. The van der Waals surface area contributed by atoms with Crippen molar-refractivity contribution in [1.29, 1.82) is 0 Å². The summed E-state index contributed by atoms with van der Waals surface area (Å²) in [4.78, 5) is 9.52. The van der Waals surface area contributed by atoms with Crippen LogP contribution in [0.2, 0.25) is 0 Å². The van der Waals surface area contributed by atoms with E-state index in [-0.39, 0.29) is 6.10 Å². The van der Waals surface area contributed by atoms with Crippen LogP contribution in [0.5, 0.6) is 0 Å². The lowest BCUT2D eigenvalue weighted by Crippen LogP contribution is -2.41. The second-order valence-electron chi connectivity index (χ2n) is 5.30. The molecule has 0 saturated carbocycles. The van der Waals surface area contributed by atoms with E-state index in [1.165, 1.54) is 12.8 Å². The summed E-state index contributed by atoms with van der Waals surface area (Å²) < 4.78 is 0. The molecule has 0 bridgehead atoms. The molecule has 1 aliphatic rings. The smallest absolute Gasteiger partial charge is 0.120 e. The topological polar surface area (TPSA) is 64.2 Å². The molecule has 1 atom stereocenters. The van der Waals surface area contributed by atoms with E-state index in [2.05, 4.69) is 27.1 Å². The molecule has 0 spiro atoms. The number of β-amino-alcohol motifs (C(OH)–C–C–N with tert-alkyl or cyclic N) is 1. The average molecular weight is 252 g/mol. The number of nitrogens with zero attached hydrogens (tertiary/aromatic N) is 2. The average Bonchev–Trinajstić information content (AvgIpc) is 2.85. The van der Waals surface area contributed by atoms with Crippen LogP contribution < -0.4 is 5.32 Å². The summed E-state index contributed by atoms with van der Waals surface area (Å²) in [6, 6.07) is 0. The van der Waals surface area contributed by atoms with E-state index in [4.69, 9.17) is 0 Å². The highest BCUT2D eigenvalue weighted by molar-refractivity contribution is 4.86. The van der Waals surface area contributed by atoms with Gasteiger partial charge in [0.1, 0.15) is 5.82 Å². The van der Waals surface area contributed by atoms with Gasteiger partial charge in [0, 0.05) is 25.5 Å². The van der Waals surface area contributed by atoms with E-state index in [0.717, 1.165) is 31.4 Å². The minimum Gasteiger partial charge on any atom is -0.390 e. The Hall–Kier alpha value is -0.910. The van der Waals surface area contributed by atoms with E-state index < -0.39 is 0 Å². The highest BCUT2D eigenvalue weighted by Crippen LogP contribution is 2.15. The van der Waals surface area contributed by atoms with Gasteiger partial charge in [0.2, 0.25) is 0 Å². The van der Waals surface area contributed by atoms with E-state index in [9.17, 15) is 5.11 Å². The lowest BCUT2D eigenvalue weighted by molar-refractivity contribution is 0.0906. The van der Waals surface area contributed by atoms with Crippen molar-refractivity contribution in [3.8, 4) is 0 Å². The van der Waals surface area contributed by atoms with E-state index in [1.54, 1.807) is 6.20 Å². The molecular formula is C13H24N4O. The number of piperidine rings is 1. The monoisotopic (exact) mass is 252 g/mol. The molecule has 1 saturated heterocycles. The summed E-state index contributed by atoms with van der Waals surface area (Å²) in [5, 5.41) is 13.2. The number of aliphatic hydroxyl groups is 1. The predicted molar refractivity (Wildman–Crippen MR) is 71.1 cm³/mol. The van der Waals surface area contributed by atoms with E-state index in [0.29, 0.717) is 13.1 Å². The lowest BCUT2D eigenvalue weighted by atomic mass is 9.99. The van der Waals surface area contributed by atoms with Crippen LogP contribution >= 0.6 is 0 Å². The van der Waals surface area contributed by atoms with E-state index in [1.807, 2.05) is 6.20 Å². The van der Waals surface area contributed by atoms with Crippen molar-refractivity contribution in [2.75, 3.05) is 26.2 Å². The normalized spacial score (nSPS) is 20.1. The van der Waals surface area contributed by atoms with Crippen LogP contribution in [0, 0.1) is 5.92 Å². The molecule has 5 nitrogen and oxygen atoms in total. The Morgan fingerprint density at radius 3 is 3.00 bits per heavy atom. The third kappa shape index (κ3) is 4.40. The van der Waals surface area contributed by atoms with Crippen LogP contribution in [0.3, 0.4) is 0 Å². The molecule has 102 valence electrons. The highest BCUT2D eigenvalue weighted by Gasteiger charge is 2.17. The number of likely N-dealkylation sites (tertiary alicyclic amines) is 1.